The normalized spacial score (nSPS) is 15.0. The van der Waals surface area contributed by atoms with Crippen LogP contribution in [0.2, 0.25) is 0 Å². The Morgan fingerprint density at radius 2 is 1.11 bits per heavy atom. The van der Waals surface area contributed by atoms with Crippen molar-refractivity contribution < 1.29 is 8.42 Å². The lowest BCUT2D eigenvalue weighted by atomic mass is 10.1. The van der Waals surface area contributed by atoms with E-state index in [1.165, 1.54) is 8.61 Å². The van der Waals surface area contributed by atoms with Gasteiger partial charge < -0.3 is 0 Å². The highest BCUT2D eigenvalue weighted by Crippen LogP contribution is 2.42. The minimum absolute atomic E-state index is 0.325. The van der Waals surface area contributed by atoms with Crippen molar-refractivity contribution in [1.82, 2.24) is 0 Å². The van der Waals surface area contributed by atoms with Gasteiger partial charge in [0.05, 0.1) is 24.5 Å². The van der Waals surface area contributed by atoms with Crippen LogP contribution in [0.15, 0.2) is 72.8 Å². The Balaban J connectivity index is 1.73. The van der Waals surface area contributed by atoms with E-state index in [1.807, 2.05) is 86.6 Å². The molecule has 0 amide bonds. The van der Waals surface area contributed by atoms with E-state index in [-0.39, 0.29) is 0 Å². The monoisotopic (exact) mass is 378 g/mol. The summed E-state index contributed by atoms with van der Waals surface area (Å²) in [4.78, 5) is 0. The Labute approximate surface area is 160 Å². The van der Waals surface area contributed by atoms with E-state index >= 15 is 0 Å². The first-order valence-corrected chi connectivity index (χ1v) is 10.4. The first kappa shape index (κ1) is 17.6. The average Bonchev–Trinajstić information content (AvgIpc) is 2.83. The number of rotatable bonds is 4. The molecule has 1 aliphatic heterocycles. The molecule has 3 aromatic rings. The summed E-state index contributed by atoms with van der Waals surface area (Å²) in [7, 11) is -3.64. The molecule has 0 saturated carbocycles. The summed E-state index contributed by atoms with van der Waals surface area (Å²) in [5.41, 5.74) is 5.65. The molecule has 5 heteroatoms. The van der Waals surface area contributed by atoms with Crippen LogP contribution >= 0.6 is 0 Å². The molecule has 4 nitrogen and oxygen atoms in total. The van der Waals surface area contributed by atoms with E-state index in [0.717, 1.165) is 33.6 Å². The van der Waals surface area contributed by atoms with Crippen molar-refractivity contribution in [3.8, 4) is 0 Å². The summed E-state index contributed by atoms with van der Waals surface area (Å²) >= 11 is 0. The summed E-state index contributed by atoms with van der Waals surface area (Å²) < 4.78 is 29.8. The van der Waals surface area contributed by atoms with Gasteiger partial charge in [-0.1, -0.05) is 71.8 Å². The molecule has 1 aliphatic rings. The zero-order chi connectivity index (χ0) is 19.0. The molecule has 0 fully saturated rings. The quantitative estimate of drug-likeness (QED) is 0.667. The maximum Gasteiger partial charge on any atom is 0.327 e. The van der Waals surface area contributed by atoms with Gasteiger partial charge in [0.2, 0.25) is 0 Å². The summed E-state index contributed by atoms with van der Waals surface area (Å²) in [5.74, 6) is 0. The molecule has 1 heterocycles. The zero-order valence-electron chi connectivity index (χ0n) is 15.5. The summed E-state index contributed by atoms with van der Waals surface area (Å²) in [5, 5.41) is 0. The van der Waals surface area contributed by atoms with Crippen LogP contribution < -0.4 is 8.61 Å². The van der Waals surface area contributed by atoms with Crippen molar-refractivity contribution in [2.24, 2.45) is 0 Å². The number of aryl methyl sites for hydroxylation is 2. The van der Waals surface area contributed by atoms with Gasteiger partial charge in [0, 0.05) is 0 Å². The lowest BCUT2D eigenvalue weighted by molar-refractivity contribution is 0.588. The van der Waals surface area contributed by atoms with Crippen LogP contribution in [0.4, 0.5) is 11.4 Å². The third-order valence-electron chi connectivity index (χ3n) is 4.79. The number of para-hydroxylation sites is 2. The topological polar surface area (TPSA) is 40.6 Å². The standard InChI is InChI=1S/C22H22N2O2S/c1-17-7-5-9-19(13-17)15-23-21-11-3-4-12-22(21)24(27(23,25)26)16-20-10-6-8-18(2)14-20/h3-14H,15-16H2,1-2H3. The van der Waals surface area contributed by atoms with Crippen LogP contribution in [0.3, 0.4) is 0 Å². The number of fused-ring (bicyclic) bond motifs is 1. The fourth-order valence-electron chi connectivity index (χ4n) is 3.54. The van der Waals surface area contributed by atoms with E-state index in [1.54, 1.807) is 0 Å². The third kappa shape index (κ3) is 3.30. The molecule has 0 aliphatic carbocycles. The van der Waals surface area contributed by atoms with Crippen LogP contribution in [0.1, 0.15) is 22.3 Å². The number of hydrogen-bond acceptors (Lipinski definition) is 2. The smallest absolute Gasteiger partial charge is 0.247 e. The molecular weight excluding hydrogens is 356 g/mol. The van der Waals surface area contributed by atoms with E-state index in [2.05, 4.69) is 0 Å². The molecule has 0 spiro atoms. The van der Waals surface area contributed by atoms with Crippen LogP contribution in [0.25, 0.3) is 0 Å². The minimum Gasteiger partial charge on any atom is -0.247 e. The predicted octanol–water partition coefficient (Wildman–Crippen LogP) is 4.58. The van der Waals surface area contributed by atoms with E-state index in [0.29, 0.717) is 13.1 Å². The van der Waals surface area contributed by atoms with E-state index in [9.17, 15) is 8.42 Å². The highest BCUT2D eigenvalue weighted by atomic mass is 32.2. The zero-order valence-corrected chi connectivity index (χ0v) is 16.3. The second-order valence-electron chi connectivity index (χ2n) is 6.99. The van der Waals surface area contributed by atoms with Crippen molar-refractivity contribution in [3.05, 3.63) is 95.1 Å². The molecule has 0 N–H and O–H groups in total. The molecular formula is C22H22N2O2S. The van der Waals surface area contributed by atoms with Crippen molar-refractivity contribution in [3.63, 3.8) is 0 Å². The average molecular weight is 378 g/mol. The van der Waals surface area contributed by atoms with Crippen molar-refractivity contribution in [1.29, 1.82) is 0 Å². The Hall–Kier alpha value is -2.79. The maximum atomic E-state index is 13.4. The van der Waals surface area contributed by atoms with Gasteiger partial charge in [-0.15, -0.1) is 0 Å². The Kier molecular flexibility index (Phi) is 4.40. The van der Waals surface area contributed by atoms with Gasteiger partial charge in [-0.05, 0) is 37.1 Å². The van der Waals surface area contributed by atoms with Gasteiger partial charge >= 0.3 is 10.2 Å². The summed E-state index contributed by atoms with van der Waals surface area (Å²) in [6, 6.07) is 23.5. The second kappa shape index (κ2) is 6.74. The Morgan fingerprint density at radius 1 is 0.667 bits per heavy atom. The van der Waals surface area contributed by atoms with E-state index < -0.39 is 10.2 Å². The highest BCUT2D eigenvalue weighted by Gasteiger charge is 2.40. The SMILES string of the molecule is Cc1cccc(CN2c3ccccc3N(Cc3cccc(C)c3)S2(=O)=O)c1. The van der Waals surface area contributed by atoms with E-state index in [4.69, 9.17) is 0 Å². The number of benzene rings is 3. The second-order valence-corrected chi connectivity index (χ2v) is 8.77. The highest BCUT2D eigenvalue weighted by molar-refractivity contribution is 7.94. The van der Waals surface area contributed by atoms with Gasteiger partial charge in [-0.25, -0.2) is 8.61 Å². The van der Waals surface area contributed by atoms with Crippen molar-refractivity contribution >= 4 is 21.6 Å². The fourth-order valence-corrected chi connectivity index (χ4v) is 5.21. The summed E-state index contributed by atoms with van der Waals surface area (Å²) in [6.45, 7) is 4.68. The number of hydrogen-bond donors (Lipinski definition) is 0. The minimum atomic E-state index is -3.64. The molecule has 4 rings (SSSR count). The van der Waals surface area contributed by atoms with Crippen molar-refractivity contribution in [2.45, 2.75) is 26.9 Å². The maximum absolute atomic E-state index is 13.4. The molecule has 0 aromatic heterocycles. The van der Waals surface area contributed by atoms with Gasteiger partial charge in [-0.3, -0.25) is 0 Å². The van der Waals surface area contributed by atoms with Crippen molar-refractivity contribution in [2.75, 3.05) is 8.61 Å². The van der Waals surface area contributed by atoms with Crippen LogP contribution in [-0.4, -0.2) is 8.42 Å². The molecule has 0 saturated heterocycles. The third-order valence-corrected chi connectivity index (χ3v) is 6.56. The largest absolute Gasteiger partial charge is 0.327 e. The fraction of sp³-hybridized carbons (Fsp3) is 0.182. The van der Waals surface area contributed by atoms with Gasteiger partial charge in [0.1, 0.15) is 0 Å². The molecule has 0 unspecified atom stereocenters. The number of nitrogens with zero attached hydrogens (tertiary/aromatic N) is 2. The lowest BCUT2D eigenvalue weighted by Crippen LogP contribution is -2.37. The molecule has 0 bridgehead atoms. The Bertz CT molecular complexity index is 1010. The first-order chi connectivity index (χ1) is 12.9. The molecule has 3 aromatic carbocycles. The molecule has 27 heavy (non-hydrogen) atoms. The van der Waals surface area contributed by atoms with Crippen LogP contribution in [0.5, 0.6) is 0 Å². The van der Waals surface area contributed by atoms with Crippen LogP contribution in [-0.2, 0) is 23.3 Å². The van der Waals surface area contributed by atoms with Gasteiger partial charge in [0.15, 0.2) is 0 Å². The van der Waals surface area contributed by atoms with Gasteiger partial charge in [0.25, 0.3) is 0 Å². The Morgan fingerprint density at radius 3 is 1.52 bits per heavy atom. The predicted molar refractivity (Wildman–Crippen MR) is 110 cm³/mol. The molecule has 0 atom stereocenters. The van der Waals surface area contributed by atoms with Gasteiger partial charge in [-0.2, -0.15) is 8.42 Å². The molecule has 138 valence electrons. The number of anilines is 2. The van der Waals surface area contributed by atoms with Crippen LogP contribution in [0, 0.1) is 13.8 Å². The molecule has 0 radical (unpaired) electrons. The summed E-state index contributed by atoms with van der Waals surface area (Å²) in [6.07, 6.45) is 0. The lowest BCUT2D eigenvalue weighted by Gasteiger charge is -2.22. The first-order valence-electron chi connectivity index (χ1n) is 8.96.